The van der Waals surface area contributed by atoms with E-state index in [9.17, 15) is 4.79 Å². The van der Waals surface area contributed by atoms with Gasteiger partial charge in [0.15, 0.2) is 5.65 Å². The number of carbonyl (C=O) groups is 1. The van der Waals surface area contributed by atoms with E-state index in [1.807, 2.05) is 20.8 Å². The normalized spacial score (nSPS) is 26.6. The summed E-state index contributed by atoms with van der Waals surface area (Å²) < 4.78 is 7.24. The number of carbonyl (C=O) groups excluding carboxylic acids is 1. The molecule has 3 N–H and O–H groups in total. The van der Waals surface area contributed by atoms with Gasteiger partial charge in [-0.25, -0.2) is 4.98 Å². The third-order valence-corrected chi connectivity index (χ3v) is 4.77. The maximum Gasteiger partial charge on any atom is 0.246 e. The Morgan fingerprint density at radius 3 is 2.95 bits per heavy atom. The summed E-state index contributed by atoms with van der Waals surface area (Å²) in [5, 5.41) is 7.03. The van der Waals surface area contributed by atoms with Crippen molar-refractivity contribution in [2.45, 2.75) is 38.8 Å². The van der Waals surface area contributed by atoms with Crippen LogP contribution < -0.4 is 11.1 Å². The molecule has 118 valence electrons. The molecule has 7 nitrogen and oxygen atoms in total. The van der Waals surface area contributed by atoms with Crippen LogP contribution in [0.25, 0.3) is 5.65 Å². The van der Waals surface area contributed by atoms with Crippen LogP contribution in [-0.4, -0.2) is 38.8 Å². The molecule has 0 aliphatic heterocycles. The maximum atomic E-state index is 12.7. The third kappa shape index (κ3) is 2.00. The van der Waals surface area contributed by atoms with Crippen LogP contribution in [0.15, 0.2) is 24.5 Å². The first-order chi connectivity index (χ1) is 10.4. The molecule has 2 atom stereocenters. The smallest absolute Gasteiger partial charge is 0.246 e. The molecule has 2 heterocycles. The van der Waals surface area contributed by atoms with E-state index in [1.54, 1.807) is 29.0 Å². The largest absolute Gasteiger partial charge is 0.378 e. The summed E-state index contributed by atoms with van der Waals surface area (Å²) in [6, 6.07) is 3.47. The fourth-order valence-corrected chi connectivity index (χ4v) is 2.98. The molecule has 1 fully saturated rings. The fourth-order valence-electron chi connectivity index (χ4n) is 2.98. The van der Waals surface area contributed by atoms with Crippen LogP contribution in [0.1, 0.15) is 27.2 Å². The molecule has 3 rings (SSSR count). The average molecular weight is 303 g/mol. The standard InChI is InChI=1S/C15H21N5O2/c1-4-22-10-9-15(16,14(10,2)3)13(21)19-12-5-7-17-11-6-8-18-20(11)12/h5-8,10H,4,9,16H2,1-3H3,(H,19,21). The Labute approximate surface area is 128 Å². The molecular weight excluding hydrogens is 282 g/mol. The van der Waals surface area contributed by atoms with Crippen molar-refractivity contribution in [3.05, 3.63) is 24.5 Å². The Kier molecular flexibility index (Phi) is 3.41. The number of hydrogen-bond acceptors (Lipinski definition) is 5. The number of nitrogens with one attached hydrogen (secondary N) is 1. The lowest BCUT2D eigenvalue weighted by molar-refractivity contribution is -0.166. The van der Waals surface area contributed by atoms with Gasteiger partial charge in [0, 0.05) is 30.7 Å². The van der Waals surface area contributed by atoms with E-state index in [-0.39, 0.29) is 12.0 Å². The monoisotopic (exact) mass is 303 g/mol. The van der Waals surface area contributed by atoms with E-state index >= 15 is 0 Å². The van der Waals surface area contributed by atoms with Gasteiger partial charge in [0.05, 0.1) is 12.3 Å². The molecule has 7 heteroatoms. The maximum absolute atomic E-state index is 12.7. The van der Waals surface area contributed by atoms with Gasteiger partial charge < -0.3 is 15.8 Å². The van der Waals surface area contributed by atoms with Crippen LogP contribution in [0, 0.1) is 5.41 Å². The van der Waals surface area contributed by atoms with E-state index in [0.717, 1.165) is 0 Å². The second-order valence-electron chi connectivity index (χ2n) is 6.23. The van der Waals surface area contributed by atoms with Gasteiger partial charge >= 0.3 is 0 Å². The lowest BCUT2D eigenvalue weighted by Crippen LogP contribution is -2.74. The fraction of sp³-hybridized carbons (Fsp3) is 0.533. The Hall–Kier alpha value is -1.99. The molecule has 2 aromatic heterocycles. The Balaban J connectivity index is 1.82. The number of nitrogens with zero attached hydrogens (tertiary/aromatic N) is 3. The van der Waals surface area contributed by atoms with Crippen molar-refractivity contribution in [1.29, 1.82) is 0 Å². The molecule has 0 aromatic carbocycles. The predicted octanol–water partition coefficient (Wildman–Crippen LogP) is 1.20. The quantitative estimate of drug-likeness (QED) is 0.885. The Morgan fingerprint density at radius 2 is 2.27 bits per heavy atom. The van der Waals surface area contributed by atoms with Crippen LogP contribution in [0.4, 0.5) is 5.82 Å². The van der Waals surface area contributed by atoms with Gasteiger partial charge in [-0.05, 0) is 13.0 Å². The van der Waals surface area contributed by atoms with Crippen molar-refractivity contribution in [3.63, 3.8) is 0 Å². The number of amides is 1. The molecule has 0 spiro atoms. The minimum absolute atomic E-state index is 0.00425. The van der Waals surface area contributed by atoms with Crippen molar-refractivity contribution < 1.29 is 9.53 Å². The summed E-state index contributed by atoms with van der Waals surface area (Å²) in [6.45, 7) is 6.49. The van der Waals surface area contributed by atoms with Crippen molar-refractivity contribution >= 4 is 17.4 Å². The van der Waals surface area contributed by atoms with Crippen LogP contribution in [0.3, 0.4) is 0 Å². The predicted molar refractivity (Wildman–Crippen MR) is 82.3 cm³/mol. The highest BCUT2D eigenvalue weighted by atomic mass is 16.5. The first kappa shape index (κ1) is 14.9. The van der Waals surface area contributed by atoms with Gasteiger partial charge in [0.25, 0.3) is 0 Å². The number of nitrogens with two attached hydrogens (primary N) is 1. The lowest BCUT2D eigenvalue weighted by atomic mass is 9.54. The van der Waals surface area contributed by atoms with Gasteiger partial charge in [0.1, 0.15) is 11.4 Å². The summed E-state index contributed by atoms with van der Waals surface area (Å²) in [5.74, 6) is 0.330. The second kappa shape index (κ2) is 5.03. The van der Waals surface area contributed by atoms with E-state index in [4.69, 9.17) is 10.5 Å². The number of rotatable bonds is 4. The van der Waals surface area contributed by atoms with Crippen LogP contribution in [0.2, 0.25) is 0 Å². The summed E-state index contributed by atoms with van der Waals surface area (Å²) in [5.41, 5.74) is 5.66. The summed E-state index contributed by atoms with van der Waals surface area (Å²) in [7, 11) is 0. The molecule has 1 amide bonds. The lowest BCUT2D eigenvalue weighted by Gasteiger charge is -2.57. The van der Waals surface area contributed by atoms with Gasteiger partial charge in [0.2, 0.25) is 5.91 Å². The first-order valence-electron chi connectivity index (χ1n) is 7.41. The molecule has 1 aliphatic rings. The highest BCUT2D eigenvalue weighted by Crippen LogP contribution is 2.50. The van der Waals surface area contributed by atoms with E-state index in [0.29, 0.717) is 24.5 Å². The van der Waals surface area contributed by atoms with Crippen molar-refractivity contribution in [2.75, 3.05) is 11.9 Å². The number of hydrogen-bond donors (Lipinski definition) is 2. The molecule has 2 aromatic rings. The van der Waals surface area contributed by atoms with Crippen LogP contribution >= 0.6 is 0 Å². The number of ether oxygens (including phenoxy) is 1. The summed E-state index contributed by atoms with van der Waals surface area (Å²) in [4.78, 5) is 16.9. The van der Waals surface area contributed by atoms with E-state index < -0.39 is 11.0 Å². The van der Waals surface area contributed by atoms with Gasteiger partial charge in [-0.15, -0.1) is 0 Å². The molecule has 0 bridgehead atoms. The molecule has 1 aliphatic carbocycles. The number of aromatic nitrogens is 3. The third-order valence-electron chi connectivity index (χ3n) is 4.77. The summed E-state index contributed by atoms with van der Waals surface area (Å²) >= 11 is 0. The second-order valence-corrected chi connectivity index (χ2v) is 6.23. The average Bonchev–Trinajstić information content (AvgIpc) is 2.96. The van der Waals surface area contributed by atoms with E-state index in [1.165, 1.54) is 0 Å². The van der Waals surface area contributed by atoms with Gasteiger partial charge in [-0.3, -0.25) is 4.79 Å². The minimum Gasteiger partial charge on any atom is -0.378 e. The first-order valence-corrected chi connectivity index (χ1v) is 7.41. The molecule has 22 heavy (non-hydrogen) atoms. The zero-order valence-corrected chi connectivity index (χ0v) is 13.0. The zero-order valence-electron chi connectivity index (χ0n) is 13.0. The summed E-state index contributed by atoms with van der Waals surface area (Å²) in [6.07, 6.45) is 3.77. The van der Waals surface area contributed by atoms with Gasteiger partial charge in [-0.2, -0.15) is 9.61 Å². The molecule has 1 saturated carbocycles. The molecule has 0 saturated heterocycles. The highest BCUT2D eigenvalue weighted by molar-refractivity contribution is 5.99. The number of fused-ring (bicyclic) bond motifs is 1. The Bertz CT molecular complexity index is 711. The number of anilines is 1. The molecular formula is C15H21N5O2. The van der Waals surface area contributed by atoms with E-state index in [2.05, 4.69) is 15.4 Å². The van der Waals surface area contributed by atoms with Crippen molar-refractivity contribution in [3.8, 4) is 0 Å². The highest BCUT2D eigenvalue weighted by Gasteiger charge is 2.62. The molecule has 2 unspecified atom stereocenters. The Morgan fingerprint density at radius 1 is 1.50 bits per heavy atom. The zero-order chi connectivity index (χ0) is 16.0. The van der Waals surface area contributed by atoms with Crippen LogP contribution in [-0.2, 0) is 9.53 Å². The van der Waals surface area contributed by atoms with Crippen molar-refractivity contribution in [2.24, 2.45) is 11.1 Å². The van der Waals surface area contributed by atoms with Crippen LogP contribution in [0.5, 0.6) is 0 Å². The minimum atomic E-state index is -0.963. The molecule has 0 radical (unpaired) electrons. The van der Waals surface area contributed by atoms with Gasteiger partial charge in [-0.1, -0.05) is 13.8 Å². The van der Waals surface area contributed by atoms with Crippen molar-refractivity contribution in [1.82, 2.24) is 14.6 Å². The topological polar surface area (TPSA) is 94.5 Å². The SMILES string of the molecule is CCOC1CC(N)(C(=O)Nc2ccnc3ccnn23)C1(C)C.